The number of nitro groups is 1. The fraction of sp³-hybridized carbons (Fsp3) is 0.111. The van der Waals surface area contributed by atoms with Crippen LogP contribution in [0.25, 0.3) is 0 Å². The maximum absolute atomic E-state index is 13.3. The van der Waals surface area contributed by atoms with E-state index in [-0.39, 0.29) is 26.1 Å². The van der Waals surface area contributed by atoms with Gasteiger partial charge in [0.25, 0.3) is 25.7 Å². The average molecular weight is 600 g/mol. The van der Waals surface area contributed by atoms with E-state index in [0.29, 0.717) is 10.6 Å². The van der Waals surface area contributed by atoms with Gasteiger partial charge in [0, 0.05) is 11.0 Å². The molecule has 40 heavy (non-hydrogen) atoms. The maximum Gasteiger partial charge on any atom is 0.285 e. The number of hydrogen-bond acceptors (Lipinski definition) is 8. The molecule has 4 aromatic carbocycles. The van der Waals surface area contributed by atoms with Crippen LogP contribution in [0.1, 0.15) is 11.1 Å². The molecule has 0 amide bonds. The molecule has 0 bridgehead atoms. The Kier molecular flexibility index (Phi) is 8.37. The van der Waals surface area contributed by atoms with E-state index in [2.05, 4.69) is 9.44 Å². The summed E-state index contributed by atoms with van der Waals surface area (Å²) in [5, 5.41) is 12.1. The minimum absolute atomic E-state index is 0.0641. The topological polar surface area (TPSA) is 145 Å². The zero-order valence-electron chi connectivity index (χ0n) is 21.6. The van der Waals surface area contributed by atoms with E-state index in [1.165, 1.54) is 37.4 Å². The summed E-state index contributed by atoms with van der Waals surface area (Å²) >= 11 is 1.00. The fourth-order valence-corrected chi connectivity index (χ4v) is 6.73. The maximum atomic E-state index is 13.3. The van der Waals surface area contributed by atoms with E-state index < -0.39 is 30.7 Å². The van der Waals surface area contributed by atoms with E-state index >= 15 is 0 Å². The van der Waals surface area contributed by atoms with Crippen LogP contribution in [0.5, 0.6) is 5.75 Å². The molecule has 4 aromatic rings. The number of nitrogens with zero attached hydrogens (tertiary/aromatic N) is 1. The Morgan fingerprint density at radius 2 is 1.25 bits per heavy atom. The van der Waals surface area contributed by atoms with Crippen molar-refractivity contribution in [3.8, 4) is 5.75 Å². The van der Waals surface area contributed by atoms with Crippen LogP contribution in [0.4, 0.5) is 17.1 Å². The van der Waals surface area contributed by atoms with Crippen molar-refractivity contribution in [2.45, 2.75) is 33.4 Å². The molecule has 208 valence electrons. The summed E-state index contributed by atoms with van der Waals surface area (Å²) in [7, 11) is -6.94. The van der Waals surface area contributed by atoms with Gasteiger partial charge in [-0.05, 0) is 62.4 Å². The van der Waals surface area contributed by atoms with Crippen LogP contribution in [0.15, 0.2) is 105 Å². The predicted molar refractivity (Wildman–Crippen MR) is 154 cm³/mol. The number of benzene rings is 4. The summed E-state index contributed by atoms with van der Waals surface area (Å²) in [5.74, 6) is 0.524. The van der Waals surface area contributed by atoms with Gasteiger partial charge in [0.15, 0.2) is 0 Å². The van der Waals surface area contributed by atoms with Crippen molar-refractivity contribution in [2.24, 2.45) is 0 Å². The molecule has 0 saturated heterocycles. The smallest absolute Gasteiger partial charge is 0.285 e. The Bertz CT molecular complexity index is 1770. The monoisotopic (exact) mass is 599 g/mol. The van der Waals surface area contributed by atoms with Crippen molar-refractivity contribution in [2.75, 3.05) is 16.6 Å². The van der Waals surface area contributed by atoms with Gasteiger partial charge in [0.2, 0.25) is 0 Å². The number of nitro benzene ring substituents is 1. The van der Waals surface area contributed by atoms with Crippen LogP contribution in [0.2, 0.25) is 0 Å². The lowest BCUT2D eigenvalue weighted by molar-refractivity contribution is -0.387. The third-order valence-corrected chi connectivity index (χ3v) is 9.52. The fourth-order valence-electron chi connectivity index (χ4n) is 3.60. The molecule has 0 saturated carbocycles. The van der Waals surface area contributed by atoms with Crippen LogP contribution in [0.3, 0.4) is 0 Å². The molecule has 0 heterocycles. The number of sulfonamides is 2. The molecule has 0 atom stereocenters. The first-order chi connectivity index (χ1) is 18.9. The molecule has 0 spiro atoms. The van der Waals surface area contributed by atoms with Crippen molar-refractivity contribution < 1.29 is 26.5 Å². The van der Waals surface area contributed by atoms with Crippen molar-refractivity contribution >= 4 is 48.9 Å². The normalized spacial score (nSPS) is 11.6. The lowest BCUT2D eigenvalue weighted by Crippen LogP contribution is -2.18. The summed E-state index contributed by atoms with van der Waals surface area (Å²) in [6.07, 6.45) is 0. The van der Waals surface area contributed by atoms with Gasteiger partial charge in [-0.25, -0.2) is 16.8 Å². The number of aryl methyl sites for hydroxylation is 2. The van der Waals surface area contributed by atoms with Crippen LogP contribution in [-0.2, 0) is 20.0 Å². The Labute approximate surface area is 236 Å². The number of rotatable bonds is 10. The largest absolute Gasteiger partial charge is 0.497 e. The van der Waals surface area contributed by atoms with E-state index in [4.69, 9.17) is 4.74 Å². The first-order valence-electron chi connectivity index (χ1n) is 11.7. The van der Waals surface area contributed by atoms with Gasteiger partial charge in [-0.1, -0.05) is 53.2 Å². The number of methoxy groups -OCH3 is 1. The molecular weight excluding hydrogens is 575 g/mol. The molecular formula is C27H25N3O7S3. The predicted octanol–water partition coefficient (Wildman–Crippen LogP) is 5.97. The molecule has 4 rings (SSSR count). The molecule has 0 unspecified atom stereocenters. The van der Waals surface area contributed by atoms with Gasteiger partial charge in [-0.2, -0.15) is 0 Å². The Hall–Kier alpha value is -4.07. The highest BCUT2D eigenvalue weighted by Gasteiger charge is 2.26. The number of nitrogens with one attached hydrogen (secondary N) is 2. The van der Waals surface area contributed by atoms with E-state index in [1.807, 2.05) is 0 Å². The first-order valence-corrected chi connectivity index (χ1v) is 15.5. The number of hydrogen-bond donors (Lipinski definition) is 2. The molecule has 13 heteroatoms. The summed E-state index contributed by atoms with van der Waals surface area (Å²) in [4.78, 5) is 11.9. The third kappa shape index (κ3) is 6.73. The van der Waals surface area contributed by atoms with Crippen molar-refractivity contribution in [3.05, 3.63) is 106 Å². The second-order valence-corrected chi connectivity index (χ2v) is 13.2. The summed E-state index contributed by atoms with van der Waals surface area (Å²) in [6.45, 7) is 3.60. The van der Waals surface area contributed by atoms with Gasteiger partial charge in [-0.3, -0.25) is 19.6 Å². The van der Waals surface area contributed by atoms with Crippen LogP contribution < -0.4 is 14.2 Å². The Morgan fingerprint density at radius 3 is 1.73 bits per heavy atom. The van der Waals surface area contributed by atoms with E-state index in [1.54, 1.807) is 62.4 Å². The van der Waals surface area contributed by atoms with Crippen LogP contribution in [0, 0.1) is 24.0 Å². The van der Waals surface area contributed by atoms with Crippen molar-refractivity contribution in [3.63, 3.8) is 0 Å². The molecule has 0 aliphatic rings. The summed E-state index contributed by atoms with van der Waals surface area (Å²) in [6, 6.07) is 21.1. The van der Waals surface area contributed by atoms with Gasteiger partial charge in [-0.15, -0.1) is 0 Å². The van der Waals surface area contributed by atoms with Gasteiger partial charge in [0.05, 0.1) is 38.1 Å². The summed E-state index contributed by atoms with van der Waals surface area (Å²) < 4.78 is 62.9. The number of ether oxygens (including phenoxy) is 1. The molecule has 0 aromatic heterocycles. The Balaban J connectivity index is 1.85. The van der Waals surface area contributed by atoms with E-state index in [9.17, 15) is 26.9 Å². The number of anilines is 2. The molecule has 0 fully saturated rings. The zero-order valence-corrected chi connectivity index (χ0v) is 24.1. The van der Waals surface area contributed by atoms with Gasteiger partial charge < -0.3 is 4.74 Å². The van der Waals surface area contributed by atoms with Crippen molar-refractivity contribution in [1.29, 1.82) is 0 Å². The minimum Gasteiger partial charge on any atom is -0.497 e. The molecule has 0 aliphatic heterocycles. The van der Waals surface area contributed by atoms with Crippen molar-refractivity contribution in [1.82, 2.24) is 0 Å². The SMILES string of the molecule is COc1cccc(Sc2cc(NS(=O)(=O)c3ccc(C)cc3)c(NS(=O)(=O)c3ccc(C)cc3)cc2[N+](=O)[O-])c1. The molecule has 0 radical (unpaired) electrons. The molecule has 0 aliphatic carbocycles. The van der Waals surface area contributed by atoms with Crippen LogP contribution >= 0.6 is 11.8 Å². The highest BCUT2D eigenvalue weighted by atomic mass is 32.2. The van der Waals surface area contributed by atoms with Gasteiger partial charge in [0.1, 0.15) is 5.75 Å². The summed E-state index contributed by atoms with van der Waals surface area (Å²) in [5.41, 5.74) is 0.760. The highest BCUT2D eigenvalue weighted by molar-refractivity contribution is 7.99. The Morgan fingerprint density at radius 1 is 0.750 bits per heavy atom. The second kappa shape index (κ2) is 11.6. The molecule has 2 N–H and O–H groups in total. The third-order valence-electron chi connectivity index (χ3n) is 5.72. The zero-order chi connectivity index (χ0) is 29.1. The minimum atomic E-state index is -4.23. The van der Waals surface area contributed by atoms with Gasteiger partial charge >= 0.3 is 0 Å². The quantitative estimate of drug-likeness (QED) is 0.167. The lowest BCUT2D eigenvalue weighted by atomic mass is 10.2. The first kappa shape index (κ1) is 28.9. The lowest BCUT2D eigenvalue weighted by Gasteiger charge is -2.17. The molecule has 10 nitrogen and oxygen atoms in total. The van der Waals surface area contributed by atoms with E-state index in [0.717, 1.165) is 29.0 Å². The second-order valence-electron chi connectivity index (χ2n) is 8.74. The van der Waals surface area contributed by atoms with Crippen LogP contribution in [-0.4, -0.2) is 28.9 Å². The highest BCUT2D eigenvalue weighted by Crippen LogP contribution is 2.42. The average Bonchev–Trinajstić information content (AvgIpc) is 2.90. The standard InChI is InChI=1S/C27H25N3O7S3/c1-18-7-11-22(12-8-18)39(33,34)28-24-16-26(30(31)32)27(38-21-6-4-5-20(15-21)37-3)17-25(24)29-40(35,36)23-13-9-19(2)10-14-23/h4-17,28-29H,1-3H3.